The van der Waals surface area contributed by atoms with Gasteiger partial charge < -0.3 is 10.1 Å². The van der Waals surface area contributed by atoms with Gasteiger partial charge in [-0.25, -0.2) is 0 Å². The number of anilines is 1. The Bertz CT molecular complexity index is 394. The molecule has 0 spiro atoms. The molecule has 0 fully saturated rings. The largest absolute Gasteiger partial charge is 0.493 e. The van der Waals surface area contributed by atoms with Crippen LogP contribution in [0.25, 0.3) is 0 Å². The van der Waals surface area contributed by atoms with Gasteiger partial charge in [0.25, 0.3) is 0 Å². The molecule has 1 aromatic rings. The van der Waals surface area contributed by atoms with Gasteiger partial charge >= 0.3 is 0 Å². The number of rotatable bonds is 2. The maximum atomic E-state index is 11.1. The molecule has 0 aliphatic rings. The number of pyridine rings is 1. The van der Waals surface area contributed by atoms with Crippen LogP contribution in [-0.4, -0.2) is 18.0 Å². The van der Waals surface area contributed by atoms with Crippen molar-refractivity contribution >= 4 is 11.6 Å². The van der Waals surface area contributed by atoms with Crippen molar-refractivity contribution < 1.29 is 9.53 Å². The molecule has 4 heteroatoms. The second kappa shape index (κ2) is 4.51. The van der Waals surface area contributed by atoms with Gasteiger partial charge in [-0.15, -0.1) is 0 Å². The Morgan fingerprint density at radius 3 is 2.50 bits per heavy atom. The van der Waals surface area contributed by atoms with Gasteiger partial charge in [0, 0.05) is 18.0 Å². The lowest BCUT2D eigenvalue weighted by Gasteiger charge is -2.19. The van der Waals surface area contributed by atoms with Crippen LogP contribution < -0.4 is 10.1 Å². The second-order valence-corrected chi connectivity index (χ2v) is 4.70. The predicted octanol–water partition coefficient (Wildman–Crippen LogP) is 2.35. The van der Waals surface area contributed by atoms with E-state index in [-0.39, 0.29) is 11.3 Å². The minimum absolute atomic E-state index is 0.0561. The van der Waals surface area contributed by atoms with E-state index in [0.717, 1.165) is 5.69 Å². The molecule has 1 aromatic heterocycles. The SMILES string of the molecule is COc1cnc(C(C)(C)C)cc1NC(C)=O. The lowest BCUT2D eigenvalue weighted by molar-refractivity contribution is -0.114. The summed E-state index contributed by atoms with van der Waals surface area (Å²) < 4.78 is 5.14. The molecule has 0 aliphatic heterocycles. The van der Waals surface area contributed by atoms with E-state index in [1.807, 2.05) is 6.07 Å². The quantitative estimate of drug-likeness (QED) is 0.835. The molecule has 4 nitrogen and oxygen atoms in total. The second-order valence-electron chi connectivity index (χ2n) is 4.70. The van der Waals surface area contributed by atoms with E-state index in [1.54, 1.807) is 13.3 Å². The first-order valence-electron chi connectivity index (χ1n) is 5.16. The van der Waals surface area contributed by atoms with Crippen molar-refractivity contribution in [2.24, 2.45) is 0 Å². The number of hydrogen-bond donors (Lipinski definition) is 1. The third-order valence-corrected chi connectivity index (χ3v) is 2.17. The fourth-order valence-corrected chi connectivity index (χ4v) is 1.30. The fraction of sp³-hybridized carbons (Fsp3) is 0.500. The highest BCUT2D eigenvalue weighted by Gasteiger charge is 2.17. The van der Waals surface area contributed by atoms with Gasteiger partial charge in [-0.05, 0) is 6.07 Å². The number of ether oxygens (including phenoxy) is 1. The first kappa shape index (κ1) is 12.5. The van der Waals surface area contributed by atoms with Gasteiger partial charge in [0.05, 0.1) is 19.0 Å². The van der Waals surface area contributed by atoms with Crippen LogP contribution in [0, 0.1) is 0 Å². The van der Waals surface area contributed by atoms with Crippen LogP contribution in [0.2, 0.25) is 0 Å². The van der Waals surface area contributed by atoms with Gasteiger partial charge in [0.2, 0.25) is 5.91 Å². The van der Waals surface area contributed by atoms with Crippen LogP contribution in [0.3, 0.4) is 0 Å². The number of hydrogen-bond acceptors (Lipinski definition) is 3. The van der Waals surface area contributed by atoms with Crippen molar-refractivity contribution in [2.75, 3.05) is 12.4 Å². The zero-order chi connectivity index (χ0) is 12.3. The van der Waals surface area contributed by atoms with E-state index in [1.165, 1.54) is 6.92 Å². The van der Waals surface area contributed by atoms with Crippen molar-refractivity contribution in [3.8, 4) is 5.75 Å². The lowest BCUT2D eigenvalue weighted by atomic mass is 9.91. The van der Waals surface area contributed by atoms with Gasteiger partial charge in [-0.1, -0.05) is 20.8 Å². The summed E-state index contributed by atoms with van der Waals surface area (Å²) >= 11 is 0. The van der Waals surface area contributed by atoms with Crippen molar-refractivity contribution in [3.05, 3.63) is 18.0 Å². The molecule has 0 saturated carbocycles. The van der Waals surface area contributed by atoms with E-state index in [0.29, 0.717) is 11.4 Å². The summed E-state index contributed by atoms with van der Waals surface area (Å²) in [5.41, 5.74) is 1.52. The summed E-state index contributed by atoms with van der Waals surface area (Å²) in [7, 11) is 1.55. The van der Waals surface area contributed by atoms with E-state index in [4.69, 9.17) is 4.74 Å². The van der Waals surface area contributed by atoms with Crippen molar-refractivity contribution in [1.29, 1.82) is 0 Å². The highest BCUT2D eigenvalue weighted by Crippen LogP contribution is 2.29. The normalized spacial score (nSPS) is 11.1. The number of nitrogens with zero attached hydrogens (tertiary/aromatic N) is 1. The fourth-order valence-electron chi connectivity index (χ4n) is 1.30. The number of aromatic nitrogens is 1. The number of amides is 1. The van der Waals surface area contributed by atoms with E-state index in [2.05, 4.69) is 31.1 Å². The molecule has 0 saturated heterocycles. The van der Waals surface area contributed by atoms with Crippen LogP contribution in [0.15, 0.2) is 12.3 Å². The molecule has 1 N–H and O–H groups in total. The molecule has 0 unspecified atom stereocenters. The van der Waals surface area contributed by atoms with E-state index in [9.17, 15) is 4.79 Å². The molecule has 0 atom stereocenters. The number of carbonyl (C=O) groups is 1. The molecule has 1 heterocycles. The van der Waals surface area contributed by atoms with E-state index >= 15 is 0 Å². The van der Waals surface area contributed by atoms with Gasteiger partial charge in [0.15, 0.2) is 5.75 Å². The molecular formula is C12H18N2O2. The molecule has 1 rings (SSSR count). The van der Waals surface area contributed by atoms with Gasteiger partial charge in [-0.3, -0.25) is 9.78 Å². The average molecular weight is 222 g/mol. The highest BCUT2D eigenvalue weighted by molar-refractivity contribution is 5.90. The zero-order valence-corrected chi connectivity index (χ0v) is 10.4. The van der Waals surface area contributed by atoms with E-state index < -0.39 is 0 Å². The monoisotopic (exact) mass is 222 g/mol. The summed E-state index contributed by atoms with van der Waals surface area (Å²) in [6, 6.07) is 1.85. The Labute approximate surface area is 96.0 Å². The van der Waals surface area contributed by atoms with Crippen LogP contribution >= 0.6 is 0 Å². The number of carbonyl (C=O) groups excluding carboxylic acids is 1. The van der Waals surface area contributed by atoms with Crippen LogP contribution in [0.5, 0.6) is 5.75 Å². The Kier molecular flexibility index (Phi) is 3.52. The smallest absolute Gasteiger partial charge is 0.221 e. The predicted molar refractivity (Wildman–Crippen MR) is 63.8 cm³/mol. The molecule has 0 aliphatic carbocycles. The van der Waals surface area contributed by atoms with Crippen molar-refractivity contribution in [1.82, 2.24) is 4.98 Å². The summed E-state index contributed by atoms with van der Waals surface area (Å²) in [5, 5.41) is 2.73. The number of methoxy groups -OCH3 is 1. The molecule has 0 bridgehead atoms. The van der Waals surface area contributed by atoms with Crippen molar-refractivity contribution in [2.45, 2.75) is 33.1 Å². The third-order valence-electron chi connectivity index (χ3n) is 2.17. The van der Waals surface area contributed by atoms with Crippen LogP contribution in [-0.2, 0) is 10.2 Å². The maximum absolute atomic E-state index is 11.1. The first-order chi connectivity index (χ1) is 7.34. The lowest BCUT2D eigenvalue weighted by Crippen LogP contribution is -2.15. The summed E-state index contributed by atoms with van der Waals surface area (Å²) in [4.78, 5) is 15.4. The Balaban J connectivity index is 3.16. The molecule has 0 radical (unpaired) electrons. The van der Waals surface area contributed by atoms with Crippen molar-refractivity contribution in [3.63, 3.8) is 0 Å². The standard InChI is InChI=1S/C12H18N2O2/c1-8(15)14-9-6-11(12(2,3)4)13-7-10(9)16-5/h6-7H,1-5H3,(H,13,14,15). The van der Waals surface area contributed by atoms with Gasteiger partial charge in [0.1, 0.15) is 0 Å². The molecule has 0 aromatic carbocycles. The summed E-state index contributed by atoms with van der Waals surface area (Å²) in [6.45, 7) is 7.68. The Morgan fingerprint density at radius 1 is 1.44 bits per heavy atom. The zero-order valence-electron chi connectivity index (χ0n) is 10.4. The Morgan fingerprint density at radius 2 is 2.06 bits per heavy atom. The van der Waals surface area contributed by atoms with Crippen LogP contribution in [0.1, 0.15) is 33.4 Å². The minimum atomic E-state index is -0.121. The summed E-state index contributed by atoms with van der Waals surface area (Å²) in [6.07, 6.45) is 1.63. The maximum Gasteiger partial charge on any atom is 0.221 e. The topological polar surface area (TPSA) is 51.2 Å². The average Bonchev–Trinajstić information content (AvgIpc) is 2.15. The molecule has 1 amide bonds. The first-order valence-corrected chi connectivity index (χ1v) is 5.16. The summed E-state index contributed by atoms with van der Waals surface area (Å²) in [5.74, 6) is 0.451. The highest BCUT2D eigenvalue weighted by atomic mass is 16.5. The van der Waals surface area contributed by atoms with Crippen LogP contribution in [0.4, 0.5) is 5.69 Å². The third kappa shape index (κ3) is 2.95. The molecular weight excluding hydrogens is 204 g/mol. The minimum Gasteiger partial charge on any atom is -0.493 e. The Hall–Kier alpha value is -1.58. The molecule has 88 valence electrons. The number of nitrogens with one attached hydrogen (secondary N) is 1. The van der Waals surface area contributed by atoms with Gasteiger partial charge in [-0.2, -0.15) is 0 Å². The molecule has 16 heavy (non-hydrogen) atoms.